The molecule has 4 rings (SSSR count). The third-order valence-electron chi connectivity index (χ3n) is 6.98. The van der Waals surface area contributed by atoms with E-state index in [4.69, 9.17) is 0 Å². The monoisotopic (exact) mass is 465 g/mol. The van der Waals surface area contributed by atoms with Crippen LogP contribution in [-0.4, -0.2) is 73.1 Å². The zero-order chi connectivity index (χ0) is 22.7. The Balaban J connectivity index is 1.38. The Morgan fingerprint density at radius 1 is 0.750 bits per heavy atom. The van der Waals surface area contributed by atoms with Crippen molar-refractivity contribution >= 4 is 21.8 Å². The van der Waals surface area contributed by atoms with Crippen molar-refractivity contribution in [3.63, 3.8) is 0 Å². The molecule has 1 aromatic rings. The summed E-state index contributed by atoms with van der Waals surface area (Å²) in [6.45, 7) is 2.89. The van der Waals surface area contributed by atoms with Gasteiger partial charge in [-0.15, -0.1) is 0 Å². The first kappa shape index (κ1) is 23.2. The van der Waals surface area contributed by atoms with Crippen LogP contribution in [0.1, 0.15) is 51.4 Å². The predicted octanol–water partition coefficient (Wildman–Crippen LogP) is 2.62. The van der Waals surface area contributed by atoms with E-state index in [1.54, 1.807) is 4.90 Å². The molecule has 3 aliphatic rings. The van der Waals surface area contributed by atoms with Gasteiger partial charge in [0.1, 0.15) is 11.9 Å². The minimum Gasteiger partial charge on any atom is -0.342 e. The number of nitrogens with zero attached hydrogens (tertiary/aromatic N) is 3. The molecule has 2 amide bonds. The maximum Gasteiger partial charge on any atom is 0.243 e. The zero-order valence-electron chi connectivity index (χ0n) is 18.4. The highest BCUT2D eigenvalue weighted by molar-refractivity contribution is 7.89. The van der Waals surface area contributed by atoms with Crippen LogP contribution in [0.3, 0.4) is 0 Å². The Kier molecular flexibility index (Phi) is 7.14. The predicted molar refractivity (Wildman–Crippen MR) is 118 cm³/mol. The lowest BCUT2D eigenvalue weighted by molar-refractivity contribution is -0.142. The number of sulfonamides is 1. The van der Waals surface area contributed by atoms with Crippen LogP contribution in [0.25, 0.3) is 0 Å². The number of carbonyl (C=O) groups excluding carboxylic acids is 2. The van der Waals surface area contributed by atoms with Gasteiger partial charge in [0.25, 0.3) is 0 Å². The SMILES string of the molecule is O=C(C1CCN(C(=O)[C@@H]2CCCN2S(=O)(=O)c2ccc(F)cc2)CC1)N1CCCCCC1. The van der Waals surface area contributed by atoms with Crippen molar-refractivity contribution in [3.05, 3.63) is 30.1 Å². The maximum absolute atomic E-state index is 13.2. The second kappa shape index (κ2) is 9.87. The van der Waals surface area contributed by atoms with E-state index in [9.17, 15) is 22.4 Å². The lowest BCUT2D eigenvalue weighted by Gasteiger charge is -2.36. The molecule has 176 valence electrons. The van der Waals surface area contributed by atoms with Gasteiger partial charge >= 0.3 is 0 Å². The fraction of sp³-hybridized carbons (Fsp3) is 0.652. The summed E-state index contributed by atoms with van der Waals surface area (Å²) in [4.78, 5) is 29.8. The number of carbonyl (C=O) groups is 2. The van der Waals surface area contributed by atoms with E-state index in [0.29, 0.717) is 38.8 Å². The number of halogens is 1. The largest absolute Gasteiger partial charge is 0.342 e. The summed E-state index contributed by atoms with van der Waals surface area (Å²) in [7, 11) is -3.87. The van der Waals surface area contributed by atoms with Crippen molar-refractivity contribution in [3.8, 4) is 0 Å². The molecule has 7 nitrogen and oxygen atoms in total. The second-order valence-electron chi connectivity index (χ2n) is 9.07. The van der Waals surface area contributed by atoms with Crippen LogP contribution in [0.2, 0.25) is 0 Å². The van der Waals surface area contributed by atoms with E-state index >= 15 is 0 Å². The molecule has 0 aromatic heterocycles. The van der Waals surface area contributed by atoms with Gasteiger partial charge in [-0.3, -0.25) is 9.59 Å². The molecule has 0 unspecified atom stereocenters. The molecule has 3 heterocycles. The Morgan fingerprint density at radius 2 is 1.34 bits per heavy atom. The average Bonchev–Trinajstić information content (AvgIpc) is 3.15. The summed E-state index contributed by atoms with van der Waals surface area (Å²) in [6.07, 6.45) is 6.81. The molecule has 0 N–H and O–H groups in total. The molecular weight excluding hydrogens is 433 g/mol. The van der Waals surface area contributed by atoms with Crippen molar-refractivity contribution in [1.29, 1.82) is 0 Å². The van der Waals surface area contributed by atoms with Gasteiger partial charge in [0.2, 0.25) is 21.8 Å². The first-order chi connectivity index (χ1) is 15.4. The lowest BCUT2D eigenvalue weighted by atomic mass is 9.94. The quantitative estimate of drug-likeness (QED) is 0.685. The van der Waals surface area contributed by atoms with E-state index in [1.807, 2.05) is 4.90 Å². The van der Waals surface area contributed by atoms with Crippen molar-refractivity contribution < 1.29 is 22.4 Å². The van der Waals surface area contributed by atoms with Crippen molar-refractivity contribution in [2.24, 2.45) is 5.92 Å². The van der Waals surface area contributed by atoms with Crippen LogP contribution in [0.5, 0.6) is 0 Å². The molecule has 1 atom stereocenters. The van der Waals surface area contributed by atoms with E-state index in [1.165, 1.54) is 29.3 Å². The Labute approximate surface area is 189 Å². The van der Waals surface area contributed by atoms with Crippen LogP contribution in [0.4, 0.5) is 4.39 Å². The van der Waals surface area contributed by atoms with Crippen LogP contribution >= 0.6 is 0 Å². The van der Waals surface area contributed by atoms with Gasteiger partial charge in [-0.25, -0.2) is 12.8 Å². The summed E-state index contributed by atoms with van der Waals surface area (Å²) < 4.78 is 40.6. The van der Waals surface area contributed by atoms with Crippen LogP contribution in [0.15, 0.2) is 29.2 Å². The topological polar surface area (TPSA) is 78.0 Å². The highest BCUT2D eigenvalue weighted by Crippen LogP contribution is 2.29. The molecule has 0 aliphatic carbocycles. The average molecular weight is 466 g/mol. The number of piperidine rings is 1. The number of hydrogen-bond donors (Lipinski definition) is 0. The molecule has 3 aliphatic heterocycles. The van der Waals surface area contributed by atoms with Gasteiger partial charge in [0, 0.05) is 38.6 Å². The van der Waals surface area contributed by atoms with Gasteiger partial charge in [0.05, 0.1) is 4.90 Å². The van der Waals surface area contributed by atoms with Crippen LogP contribution in [-0.2, 0) is 19.6 Å². The highest BCUT2D eigenvalue weighted by Gasteiger charge is 2.42. The number of amides is 2. The van der Waals surface area contributed by atoms with Gasteiger partial charge in [-0.05, 0) is 62.8 Å². The van der Waals surface area contributed by atoms with E-state index < -0.39 is 21.9 Å². The molecule has 0 spiro atoms. The first-order valence-electron chi connectivity index (χ1n) is 11.7. The molecule has 9 heteroatoms. The molecule has 0 bridgehead atoms. The lowest BCUT2D eigenvalue weighted by Crippen LogP contribution is -2.51. The summed E-state index contributed by atoms with van der Waals surface area (Å²) >= 11 is 0. The molecule has 0 radical (unpaired) electrons. The molecule has 1 aromatic carbocycles. The number of likely N-dealkylation sites (tertiary alicyclic amines) is 2. The minimum atomic E-state index is -3.87. The smallest absolute Gasteiger partial charge is 0.243 e. The van der Waals surface area contributed by atoms with Gasteiger partial charge < -0.3 is 9.80 Å². The van der Waals surface area contributed by atoms with Crippen molar-refractivity contribution in [2.75, 3.05) is 32.7 Å². The van der Waals surface area contributed by atoms with Crippen LogP contribution in [0, 0.1) is 11.7 Å². The number of benzene rings is 1. The normalized spacial score (nSPS) is 23.8. The maximum atomic E-state index is 13.2. The molecule has 3 fully saturated rings. The van der Waals surface area contributed by atoms with Crippen LogP contribution < -0.4 is 0 Å². The minimum absolute atomic E-state index is 0.000329. The van der Waals surface area contributed by atoms with Gasteiger partial charge in [-0.1, -0.05) is 12.8 Å². The Bertz CT molecular complexity index is 921. The standard InChI is InChI=1S/C23H32FN3O4S/c24-19-7-9-20(10-8-19)32(30,31)27-15-5-6-21(27)23(29)26-16-11-18(12-17-26)22(28)25-13-3-1-2-4-14-25/h7-10,18,21H,1-6,11-17H2/t21-/m0/s1. The summed E-state index contributed by atoms with van der Waals surface area (Å²) in [6, 6.07) is 3.98. The Hall–Kier alpha value is -2.00. The zero-order valence-corrected chi connectivity index (χ0v) is 19.2. The second-order valence-corrected chi connectivity index (χ2v) is 11.0. The Morgan fingerprint density at radius 3 is 1.97 bits per heavy atom. The number of rotatable bonds is 4. The van der Waals surface area contributed by atoms with Gasteiger partial charge in [-0.2, -0.15) is 4.31 Å². The van der Waals surface area contributed by atoms with E-state index in [2.05, 4.69) is 0 Å². The fourth-order valence-electron chi connectivity index (χ4n) is 5.12. The molecule has 0 saturated carbocycles. The van der Waals surface area contributed by atoms with Gasteiger partial charge in [0.15, 0.2) is 0 Å². The molecular formula is C23H32FN3O4S. The third-order valence-corrected chi connectivity index (χ3v) is 8.90. The fourth-order valence-corrected chi connectivity index (χ4v) is 6.77. The summed E-state index contributed by atoms with van der Waals surface area (Å²) in [5, 5.41) is 0. The molecule has 3 saturated heterocycles. The van der Waals surface area contributed by atoms with Crippen molar-refractivity contribution in [2.45, 2.75) is 62.3 Å². The number of hydrogen-bond acceptors (Lipinski definition) is 4. The first-order valence-corrected chi connectivity index (χ1v) is 13.2. The summed E-state index contributed by atoms with van der Waals surface area (Å²) in [5.74, 6) is -0.537. The summed E-state index contributed by atoms with van der Waals surface area (Å²) in [5.41, 5.74) is 0. The third kappa shape index (κ3) is 4.83. The molecule has 32 heavy (non-hydrogen) atoms. The van der Waals surface area contributed by atoms with E-state index in [-0.39, 0.29) is 29.2 Å². The highest BCUT2D eigenvalue weighted by atomic mass is 32.2. The van der Waals surface area contributed by atoms with E-state index in [0.717, 1.165) is 38.1 Å². The van der Waals surface area contributed by atoms with Crippen molar-refractivity contribution in [1.82, 2.24) is 14.1 Å².